The van der Waals surface area contributed by atoms with E-state index >= 15 is 0 Å². The van der Waals surface area contributed by atoms with E-state index in [1.165, 1.54) is 17.5 Å². The fourth-order valence-electron chi connectivity index (χ4n) is 2.84. The zero-order chi connectivity index (χ0) is 23.9. The average molecular weight is 479 g/mol. The molecule has 1 amide bonds. The van der Waals surface area contributed by atoms with Crippen LogP contribution in [0.5, 0.6) is 0 Å². The summed E-state index contributed by atoms with van der Waals surface area (Å²) >= 11 is 0.942. The third-order valence-electron chi connectivity index (χ3n) is 4.27. The van der Waals surface area contributed by atoms with Gasteiger partial charge in [-0.25, -0.2) is 13.2 Å². The number of hydrogen-bond acceptors (Lipinski definition) is 7. The second kappa shape index (κ2) is 10.6. The van der Waals surface area contributed by atoms with Crippen LogP contribution in [0.1, 0.15) is 33.6 Å². The Labute approximate surface area is 188 Å². The van der Waals surface area contributed by atoms with Gasteiger partial charge < -0.3 is 21.9 Å². The van der Waals surface area contributed by atoms with E-state index in [9.17, 15) is 28.4 Å². The molecule has 0 aliphatic heterocycles. The standard InChI is InChI=1S/C19H22N6O5S2/c1-11-4-2-5-12(10-20)16(11)32(29,30)25-13-7-9-31-15(13)17(26)24-14(18(27)28)6-3-8-23-19(21)22/h2,4-5,7,9,14,25H,3,6,8H2,1H3,(H,24,26)(H,27,28)(H4,21,22,23)/t14-/m0/s1. The molecule has 1 aromatic heterocycles. The van der Waals surface area contributed by atoms with E-state index in [4.69, 9.17) is 11.5 Å². The van der Waals surface area contributed by atoms with Gasteiger partial charge in [0.25, 0.3) is 15.9 Å². The number of sulfonamides is 1. The van der Waals surface area contributed by atoms with Crippen LogP contribution in [0.4, 0.5) is 5.69 Å². The molecule has 170 valence electrons. The Bertz CT molecular complexity index is 1180. The summed E-state index contributed by atoms with van der Waals surface area (Å²) in [6.45, 7) is 1.75. The lowest BCUT2D eigenvalue weighted by atomic mass is 10.1. The molecule has 0 radical (unpaired) electrons. The summed E-state index contributed by atoms with van der Waals surface area (Å²) in [5, 5.41) is 22.5. The summed E-state index contributed by atoms with van der Waals surface area (Å²) < 4.78 is 28.2. The molecule has 1 aromatic carbocycles. The van der Waals surface area contributed by atoms with E-state index in [0.717, 1.165) is 11.3 Å². The largest absolute Gasteiger partial charge is 0.480 e. The minimum atomic E-state index is -4.18. The van der Waals surface area contributed by atoms with Crippen LogP contribution in [0.2, 0.25) is 0 Å². The molecular formula is C19H22N6O5S2. The summed E-state index contributed by atoms with van der Waals surface area (Å²) in [5.41, 5.74) is 10.7. The topological polar surface area (TPSA) is 201 Å². The van der Waals surface area contributed by atoms with Gasteiger partial charge in [0.1, 0.15) is 21.9 Å². The SMILES string of the molecule is Cc1cccc(C#N)c1S(=O)(=O)Nc1ccsc1C(=O)N[C@@H](CCCN=C(N)N)C(=O)O. The number of guanidine groups is 1. The van der Waals surface area contributed by atoms with Gasteiger partial charge >= 0.3 is 5.97 Å². The first kappa shape index (κ1) is 24.6. The number of benzene rings is 1. The Hall–Kier alpha value is -3.63. The predicted octanol–water partition coefficient (Wildman–Crippen LogP) is 0.966. The number of carboxylic acid groups (broad SMARTS) is 1. The first-order chi connectivity index (χ1) is 15.1. The highest BCUT2D eigenvalue weighted by Crippen LogP contribution is 2.28. The first-order valence-electron chi connectivity index (χ1n) is 9.26. The maximum absolute atomic E-state index is 12.9. The molecule has 0 aliphatic carbocycles. The quantitative estimate of drug-likeness (QED) is 0.189. The zero-order valence-electron chi connectivity index (χ0n) is 17.0. The Kier molecular flexibility index (Phi) is 8.16. The minimum absolute atomic E-state index is 0.0175. The van der Waals surface area contributed by atoms with Crippen molar-refractivity contribution in [2.24, 2.45) is 16.5 Å². The third kappa shape index (κ3) is 6.19. The smallest absolute Gasteiger partial charge is 0.326 e. The molecular weight excluding hydrogens is 456 g/mol. The van der Waals surface area contributed by atoms with Gasteiger partial charge in [0.05, 0.1) is 11.3 Å². The highest BCUT2D eigenvalue weighted by molar-refractivity contribution is 7.92. The van der Waals surface area contributed by atoms with Gasteiger partial charge in [-0.1, -0.05) is 12.1 Å². The number of thiophene rings is 1. The molecule has 0 bridgehead atoms. The van der Waals surface area contributed by atoms with Gasteiger partial charge in [-0.15, -0.1) is 11.3 Å². The van der Waals surface area contributed by atoms with E-state index in [2.05, 4.69) is 15.0 Å². The molecule has 13 heteroatoms. The second-order valence-electron chi connectivity index (χ2n) is 6.65. The molecule has 32 heavy (non-hydrogen) atoms. The fraction of sp³-hybridized carbons (Fsp3) is 0.263. The van der Waals surface area contributed by atoms with E-state index in [0.29, 0.717) is 12.0 Å². The first-order valence-corrected chi connectivity index (χ1v) is 11.6. The molecule has 0 fully saturated rings. The number of hydrogen-bond donors (Lipinski definition) is 5. The number of aliphatic carboxylic acids is 1. The van der Waals surface area contributed by atoms with Crippen molar-refractivity contribution in [1.29, 1.82) is 5.26 Å². The number of rotatable bonds is 10. The Morgan fingerprint density at radius 2 is 2.03 bits per heavy atom. The van der Waals surface area contributed by atoms with Crippen molar-refractivity contribution < 1.29 is 23.1 Å². The van der Waals surface area contributed by atoms with E-state index in [-0.39, 0.29) is 39.9 Å². The second-order valence-corrected chi connectivity index (χ2v) is 9.18. The summed E-state index contributed by atoms with van der Waals surface area (Å²) in [6.07, 6.45) is 0.377. The Morgan fingerprint density at radius 3 is 2.66 bits per heavy atom. The Balaban J connectivity index is 2.21. The van der Waals surface area contributed by atoms with Crippen molar-refractivity contribution in [3.8, 4) is 6.07 Å². The zero-order valence-corrected chi connectivity index (χ0v) is 18.7. The molecule has 0 unspecified atom stereocenters. The summed E-state index contributed by atoms with van der Waals surface area (Å²) in [5.74, 6) is -2.12. The van der Waals surface area contributed by atoms with Gasteiger partial charge in [0.15, 0.2) is 5.96 Å². The number of nitriles is 1. The molecule has 0 aliphatic rings. The van der Waals surface area contributed by atoms with Crippen molar-refractivity contribution in [3.63, 3.8) is 0 Å². The lowest BCUT2D eigenvalue weighted by Gasteiger charge is -2.15. The maximum atomic E-state index is 12.9. The van der Waals surface area contributed by atoms with Crippen LogP contribution in [0.15, 0.2) is 39.5 Å². The molecule has 0 spiro atoms. The number of anilines is 1. The third-order valence-corrected chi connectivity index (χ3v) is 6.75. The van der Waals surface area contributed by atoms with Crippen LogP contribution in [0.3, 0.4) is 0 Å². The molecule has 0 saturated carbocycles. The molecule has 2 aromatic rings. The molecule has 7 N–H and O–H groups in total. The van der Waals surface area contributed by atoms with Crippen LogP contribution >= 0.6 is 11.3 Å². The molecule has 1 heterocycles. The Morgan fingerprint density at radius 1 is 1.31 bits per heavy atom. The van der Waals surface area contributed by atoms with E-state index in [1.54, 1.807) is 19.1 Å². The number of nitrogens with two attached hydrogens (primary N) is 2. The molecule has 1 atom stereocenters. The molecule has 11 nitrogen and oxygen atoms in total. The normalized spacial score (nSPS) is 11.8. The molecule has 0 saturated heterocycles. The summed E-state index contributed by atoms with van der Waals surface area (Å²) in [7, 11) is -4.18. The van der Waals surface area contributed by atoms with Crippen molar-refractivity contribution in [3.05, 3.63) is 45.6 Å². The van der Waals surface area contributed by atoms with Crippen molar-refractivity contribution in [1.82, 2.24) is 5.32 Å². The van der Waals surface area contributed by atoms with Crippen molar-refractivity contribution in [2.45, 2.75) is 30.7 Å². The van der Waals surface area contributed by atoms with Crippen LogP contribution in [-0.2, 0) is 14.8 Å². The van der Waals surface area contributed by atoms with Crippen LogP contribution in [0.25, 0.3) is 0 Å². The molecule has 2 rings (SSSR count). The number of amides is 1. The number of carbonyl (C=O) groups is 2. The van der Waals surface area contributed by atoms with Crippen molar-refractivity contribution in [2.75, 3.05) is 11.3 Å². The van der Waals surface area contributed by atoms with Gasteiger partial charge in [-0.2, -0.15) is 5.26 Å². The predicted molar refractivity (Wildman–Crippen MR) is 120 cm³/mol. The van der Waals surface area contributed by atoms with Crippen molar-refractivity contribution >= 4 is 44.9 Å². The van der Waals surface area contributed by atoms with Gasteiger partial charge in [0, 0.05) is 6.54 Å². The number of aliphatic imine (C=N–C) groups is 1. The average Bonchev–Trinajstić information content (AvgIpc) is 3.16. The summed E-state index contributed by atoms with van der Waals surface area (Å²) in [4.78, 5) is 27.7. The van der Waals surface area contributed by atoms with Gasteiger partial charge in [-0.05, 0) is 42.8 Å². The van der Waals surface area contributed by atoms with E-state index in [1.807, 2.05) is 6.07 Å². The van der Waals surface area contributed by atoms with Crippen LogP contribution in [0, 0.1) is 18.3 Å². The van der Waals surface area contributed by atoms with Crippen LogP contribution in [-0.4, -0.2) is 43.9 Å². The number of carbonyl (C=O) groups excluding carboxylic acids is 1. The number of carboxylic acids is 1. The highest BCUT2D eigenvalue weighted by Gasteiger charge is 2.26. The fourth-order valence-corrected chi connectivity index (χ4v) is 5.12. The van der Waals surface area contributed by atoms with Crippen LogP contribution < -0.4 is 21.5 Å². The lowest BCUT2D eigenvalue weighted by molar-refractivity contribution is -0.139. The van der Waals surface area contributed by atoms with E-state index < -0.39 is 27.9 Å². The van der Waals surface area contributed by atoms with Gasteiger partial charge in [0.2, 0.25) is 0 Å². The number of nitrogens with zero attached hydrogens (tertiary/aromatic N) is 2. The monoisotopic (exact) mass is 478 g/mol. The number of aryl methyl sites for hydroxylation is 1. The lowest BCUT2D eigenvalue weighted by Crippen LogP contribution is -2.40. The van der Waals surface area contributed by atoms with Gasteiger partial charge in [-0.3, -0.25) is 14.5 Å². The maximum Gasteiger partial charge on any atom is 0.326 e. The summed E-state index contributed by atoms with van der Waals surface area (Å²) in [6, 6.07) is 6.51. The highest BCUT2D eigenvalue weighted by atomic mass is 32.2. The minimum Gasteiger partial charge on any atom is -0.480 e. The number of nitrogens with one attached hydrogen (secondary N) is 2.